The zero-order chi connectivity index (χ0) is 13.5. The second kappa shape index (κ2) is 4.86. The van der Waals surface area contributed by atoms with Crippen LogP contribution in [0.25, 0.3) is 0 Å². The van der Waals surface area contributed by atoms with E-state index in [9.17, 15) is 5.11 Å². The Morgan fingerprint density at radius 2 is 2.06 bits per heavy atom. The molecule has 0 heterocycles. The predicted octanol–water partition coefficient (Wildman–Crippen LogP) is 3.97. The number of phenolic OH excluding ortho intramolecular Hbond substituents is 1. The summed E-state index contributed by atoms with van der Waals surface area (Å²) in [5, 5.41) is 10.6. The molecule has 0 atom stereocenters. The number of aromatic hydroxyl groups is 1. The molecule has 18 heavy (non-hydrogen) atoms. The van der Waals surface area contributed by atoms with E-state index in [0.29, 0.717) is 18.2 Å². The lowest BCUT2D eigenvalue weighted by atomic mass is 9.62. The van der Waals surface area contributed by atoms with Crippen molar-refractivity contribution in [1.82, 2.24) is 0 Å². The molecule has 0 saturated heterocycles. The van der Waals surface area contributed by atoms with Gasteiger partial charge in [-0.15, -0.1) is 0 Å². The quantitative estimate of drug-likeness (QED) is 0.887. The summed E-state index contributed by atoms with van der Waals surface area (Å²) in [4.78, 5) is 0. The lowest BCUT2D eigenvalue weighted by molar-refractivity contribution is 0.243. The number of halogens is 1. The average Bonchev–Trinajstić information content (AvgIpc) is 2.26. The van der Waals surface area contributed by atoms with E-state index in [1.165, 1.54) is 6.42 Å². The molecule has 0 spiro atoms. The van der Waals surface area contributed by atoms with Gasteiger partial charge in [0.05, 0.1) is 0 Å². The number of phenols is 1. The van der Waals surface area contributed by atoms with Crippen LogP contribution in [0.2, 0.25) is 0 Å². The molecule has 2 nitrogen and oxygen atoms in total. The predicted molar refractivity (Wildman–Crippen MR) is 79.2 cm³/mol. The summed E-state index contributed by atoms with van der Waals surface area (Å²) in [5.41, 5.74) is 9.22. The number of hydrogen-bond donors (Lipinski definition) is 2. The van der Waals surface area contributed by atoms with Gasteiger partial charge < -0.3 is 10.8 Å². The molecule has 0 unspecified atom stereocenters. The fourth-order valence-corrected chi connectivity index (χ4v) is 3.45. The summed E-state index contributed by atoms with van der Waals surface area (Å²) < 4.78 is 1.08. The van der Waals surface area contributed by atoms with Crippen LogP contribution >= 0.6 is 15.9 Å². The molecule has 1 saturated carbocycles. The zero-order valence-corrected chi connectivity index (χ0v) is 13.0. The lowest BCUT2D eigenvalue weighted by Gasteiger charge is -2.43. The molecular weight excluding hydrogens is 290 g/mol. The number of hydrogen-bond acceptors (Lipinski definition) is 2. The maximum atomic E-state index is 10.6. The Morgan fingerprint density at radius 3 is 2.44 bits per heavy atom. The fourth-order valence-electron chi connectivity index (χ4n) is 3.00. The van der Waals surface area contributed by atoms with E-state index in [1.54, 1.807) is 0 Å². The third-order valence-corrected chi connectivity index (χ3v) is 5.20. The molecule has 100 valence electrons. The highest BCUT2D eigenvalue weighted by Gasteiger charge is 2.41. The van der Waals surface area contributed by atoms with Crippen molar-refractivity contribution in [3.8, 4) is 5.75 Å². The standard InChI is InChI=1S/C15H22BrNO/c1-9(2)11-7-12(16)10(3)13(14(11)18)15(8-17)5-4-6-15/h7,9,18H,4-6,8,17H2,1-3H3. The van der Waals surface area contributed by atoms with Gasteiger partial charge in [-0.3, -0.25) is 0 Å². The van der Waals surface area contributed by atoms with Gasteiger partial charge in [0.1, 0.15) is 5.75 Å². The highest BCUT2D eigenvalue weighted by atomic mass is 79.9. The first kappa shape index (κ1) is 13.9. The van der Waals surface area contributed by atoms with Crippen LogP contribution in [0.5, 0.6) is 5.75 Å². The first-order chi connectivity index (χ1) is 8.43. The first-order valence-electron chi connectivity index (χ1n) is 6.65. The molecule has 1 aliphatic rings. The Labute approximate surface area is 118 Å². The Hall–Kier alpha value is -0.540. The minimum absolute atomic E-state index is 0.00157. The molecular formula is C15H22BrNO. The van der Waals surface area contributed by atoms with Crippen LogP contribution in [-0.2, 0) is 5.41 Å². The molecule has 0 bridgehead atoms. The largest absolute Gasteiger partial charge is 0.507 e. The summed E-state index contributed by atoms with van der Waals surface area (Å²) in [6.07, 6.45) is 3.39. The Kier molecular flexibility index (Phi) is 3.75. The Bertz CT molecular complexity index is 459. The SMILES string of the molecule is Cc1c(Br)cc(C(C)C)c(O)c1C1(CN)CCC1. The van der Waals surface area contributed by atoms with Crippen molar-refractivity contribution in [3.63, 3.8) is 0 Å². The maximum Gasteiger partial charge on any atom is 0.123 e. The molecule has 1 fully saturated rings. The van der Waals surface area contributed by atoms with E-state index in [1.807, 2.05) is 6.07 Å². The molecule has 0 aromatic heterocycles. The topological polar surface area (TPSA) is 46.2 Å². The van der Waals surface area contributed by atoms with Crippen LogP contribution in [0.1, 0.15) is 55.7 Å². The molecule has 3 heteroatoms. The second-order valence-electron chi connectivity index (χ2n) is 5.79. The molecule has 1 aromatic carbocycles. The molecule has 1 aliphatic carbocycles. The van der Waals surface area contributed by atoms with Crippen molar-refractivity contribution in [1.29, 1.82) is 0 Å². The molecule has 0 radical (unpaired) electrons. The van der Waals surface area contributed by atoms with Crippen molar-refractivity contribution >= 4 is 15.9 Å². The fraction of sp³-hybridized carbons (Fsp3) is 0.600. The third kappa shape index (κ3) is 1.97. The minimum Gasteiger partial charge on any atom is -0.507 e. The highest BCUT2D eigenvalue weighted by molar-refractivity contribution is 9.10. The van der Waals surface area contributed by atoms with Gasteiger partial charge in [-0.1, -0.05) is 36.2 Å². The van der Waals surface area contributed by atoms with Crippen LogP contribution in [-0.4, -0.2) is 11.7 Å². The molecule has 2 rings (SSSR count). The summed E-state index contributed by atoms with van der Waals surface area (Å²) in [7, 11) is 0. The molecule has 0 aliphatic heterocycles. The van der Waals surface area contributed by atoms with Crippen molar-refractivity contribution in [2.75, 3.05) is 6.54 Å². The summed E-state index contributed by atoms with van der Waals surface area (Å²) in [5.74, 6) is 0.784. The van der Waals surface area contributed by atoms with Crippen LogP contribution in [0.4, 0.5) is 0 Å². The smallest absolute Gasteiger partial charge is 0.123 e. The summed E-state index contributed by atoms with van der Waals surface area (Å²) >= 11 is 3.62. The van der Waals surface area contributed by atoms with Crippen molar-refractivity contribution < 1.29 is 5.11 Å². The van der Waals surface area contributed by atoms with Crippen LogP contribution in [0, 0.1) is 6.92 Å². The van der Waals surface area contributed by atoms with Gasteiger partial charge in [0.25, 0.3) is 0 Å². The summed E-state index contributed by atoms with van der Waals surface area (Å²) in [6, 6.07) is 2.04. The third-order valence-electron chi connectivity index (χ3n) is 4.38. The van der Waals surface area contributed by atoms with Crippen LogP contribution in [0.3, 0.4) is 0 Å². The minimum atomic E-state index is 0.00157. The lowest BCUT2D eigenvalue weighted by Crippen LogP contribution is -2.42. The molecule has 1 aromatic rings. The Morgan fingerprint density at radius 1 is 1.44 bits per heavy atom. The van der Waals surface area contributed by atoms with Gasteiger partial charge in [-0.2, -0.15) is 0 Å². The van der Waals surface area contributed by atoms with E-state index in [2.05, 4.69) is 36.7 Å². The zero-order valence-electron chi connectivity index (χ0n) is 11.4. The van der Waals surface area contributed by atoms with E-state index in [-0.39, 0.29) is 5.41 Å². The number of rotatable bonds is 3. The second-order valence-corrected chi connectivity index (χ2v) is 6.64. The van der Waals surface area contributed by atoms with Gasteiger partial charge in [0.2, 0.25) is 0 Å². The average molecular weight is 312 g/mol. The monoisotopic (exact) mass is 311 g/mol. The van der Waals surface area contributed by atoms with Crippen LogP contribution < -0.4 is 5.73 Å². The highest BCUT2D eigenvalue weighted by Crippen LogP contribution is 2.50. The van der Waals surface area contributed by atoms with Gasteiger partial charge in [-0.25, -0.2) is 0 Å². The van der Waals surface area contributed by atoms with Gasteiger partial charge in [-0.05, 0) is 42.9 Å². The van der Waals surface area contributed by atoms with Gasteiger partial charge in [0, 0.05) is 22.0 Å². The Balaban J connectivity index is 2.65. The molecule has 3 N–H and O–H groups in total. The maximum absolute atomic E-state index is 10.6. The summed E-state index contributed by atoms with van der Waals surface area (Å²) in [6.45, 7) is 6.90. The number of nitrogens with two attached hydrogens (primary N) is 1. The van der Waals surface area contributed by atoms with Crippen molar-refractivity contribution in [3.05, 3.63) is 27.2 Å². The first-order valence-corrected chi connectivity index (χ1v) is 7.45. The van der Waals surface area contributed by atoms with E-state index >= 15 is 0 Å². The van der Waals surface area contributed by atoms with E-state index in [4.69, 9.17) is 5.73 Å². The number of benzene rings is 1. The van der Waals surface area contributed by atoms with Crippen molar-refractivity contribution in [2.45, 2.75) is 51.4 Å². The molecule has 0 amide bonds. The normalized spacial score (nSPS) is 17.9. The van der Waals surface area contributed by atoms with Crippen LogP contribution in [0.15, 0.2) is 10.5 Å². The van der Waals surface area contributed by atoms with Crippen molar-refractivity contribution in [2.24, 2.45) is 5.73 Å². The van der Waals surface area contributed by atoms with Gasteiger partial charge >= 0.3 is 0 Å². The van der Waals surface area contributed by atoms with Gasteiger partial charge in [0.15, 0.2) is 0 Å². The van der Waals surface area contributed by atoms with E-state index < -0.39 is 0 Å². The van der Waals surface area contributed by atoms with E-state index in [0.717, 1.165) is 34.0 Å².